The Morgan fingerprint density at radius 2 is 2.05 bits per heavy atom. The van der Waals surface area contributed by atoms with Crippen molar-refractivity contribution in [3.05, 3.63) is 23.8 Å². The minimum Gasteiger partial charge on any atom is -0.454 e. The quantitative estimate of drug-likeness (QED) is 0.620. The van der Waals surface area contributed by atoms with Gasteiger partial charge in [0.25, 0.3) is 5.91 Å². The molecule has 0 spiro atoms. The van der Waals surface area contributed by atoms with Crippen LogP contribution in [0.25, 0.3) is 0 Å². The predicted octanol–water partition coefficient (Wildman–Crippen LogP) is 2.46. The molecule has 1 aromatic rings. The Bertz CT molecular complexity index is 553. The first-order valence-corrected chi connectivity index (χ1v) is 7.50. The van der Waals surface area contributed by atoms with Gasteiger partial charge in [-0.3, -0.25) is 4.79 Å². The van der Waals surface area contributed by atoms with Gasteiger partial charge < -0.3 is 19.6 Å². The van der Waals surface area contributed by atoms with Crippen LogP contribution in [0.3, 0.4) is 0 Å². The molecule has 1 aromatic carbocycles. The molecule has 1 heterocycles. The number of fused-ring (bicyclic) bond motifs is 1. The van der Waals surface area contributed by atoms with Gasteiger partial charge in [-0.2, -0.15) is 0 Å². The molecule has 6 heteroatoms. The van der Waals surface area contributed by atoms with E-state index in [2.05, 4.69) is 10.5 Å². The zero-order chi connectivity index (χ0) is 15.9. The van der Waals surface area contributed by atoms with Crippen LogP contribution in [0.4, 0.5) is 0 Å². The normalized spacial score (nSPS) is 13.4. The SMILES string of the molecule is CCC(CC)NC(=O)CON=C(C)c1ccc2c(c1)OCO2. The Labute approximate surface area is 130 Å². The molecule has 0 atom stereocenters. The van der Waals surface area contributed by atoms with Gasteiger partial charge in [0, 0.05) is 11.6 Å². The fourth-order valence-electron chi connectivity index (χ4n) is 2.12. The fourth-order valence-corrected chi connectivity index (χ4v) is 2.12. The molecule has 1 aliphatic rings. The van der Waals surface area contributed by atoms with Gasteiger partial charge in [0.15, 0.2) is 18.1 Å². The zero-order valence-corrected chi connectivity index (χ0v) is 13.2. The van der Waals surface area contributed by atoms with Crippen LogP contribution in [0, 0.1) is 0 Å². The third-order valence-corrected chi connectivity index (χ3v) is 3.54. The van der Waals surface area contributed by atoms with Gasteiger partial charge >= 0.3 is 0 Å². The van der Waals surface area contributed by atoms with Crippen LogP contribution < -0.4 is 14.8 Å². The molecule has 0 fully saturated rings. The summed E-state index contributed by atoms with van der Waals surface area (Å²) < 4.78 is 10.6. The van der Waals surface area contributed by atoms with E-state index in [-0.39, 0.29) is 25.3 Å². The lowest BCUT2D eigenvalue weighted by Crippen LogP contribution is -2.36. The number of benzene rings is 1. The first-order chi connectivity index (χ1) is 10.6. The molecule has 2 rings (SSSR count). The largest absolute Gasteiger partial charge is 0.454 e. The van der Waals surface area contributed by atoms with Gasteiger partial charge in [-0.05, 0) is 38.0 Å². The summed E-state index contributed by atoms with van der Waals surface area (Å²) in [5, 5.41) is 6.87. The number of amides is 1. The molecule has 1 amide bonds. The third kappa shape index (κ3) is 4.13. The number of ether oxygens (including phenoxy) is 2. The molecule has 1 aliphatic heterocycles. The number of hydrogen-bond acceptors (Lipinski definition) is 5. The van der Waals surface area contributed by atoms with Crippen LogP contribution in [0.15, 0.2) is 23.4 Å². The van der Waals surface area contributed by atoms with E-state index < -0.39 is 0 Å². The lowest BCUT2D eigenvalue weighted by molar-refractivity contribution is -0.126. The van der Waals surface area contributed by atoms with Crippen molar-refractivity contribution in [2.45, 2.75) is 39.7 Å². The number of nitrogens with one attached hydrogen (secondary N) is 1. The summed E-state index contributed by atoms with van der Waals surface area (Å²) in [6.07, 6.45) is 1.81. The van der Waals surface area contributed by atoms with Crippen LogP contribution in [-0.2, 0) is 9.63 Å². The molecular weight excluding hydrogens is 284 g/mol. The monoisotopic (exact) mass is 306 g/mol. The Balaban J connectivity index is 1.86. The number of rotatable bonds is 7. The van der Waals surface area contributed by atoms with E-state index in [1.165, 1.54) is 0 Å². The lowest BCUT2D eigenvalue weighted by atomic mass is 10.1. The predicted molar refractivity (Wildman–Crippen MR) is 83.2 cm³/mol. The summed E-state index contributed by atoms with van der Waals surface area (Å²) in [7, 11) is 0. The summed E-state index contributed by atoms with van der Waals surface area (Å²) in [4.78, 5) is 16.8. The Kier molecular flexibility index (Phi) is 5.63. The maximum atomic E-state index is 11.7. The van der Waals surface area contributed by atoms with Crippen molar-refractivity contribution in [2.75, 3.05) is 13.4 Å². The Morgan fingerprint density at radius 1 is 1.32 bits per heavy atom. The van der Waals surface area contributed by atoms with Crippen LogP contribution in [0.2, 0.25) is 0 Å². The van der Waals surface area contributed by atoms with Gasteiger partial charge in [0.1, 0.15) is 0 Å². The summed E-state index contributed by atoms with van der Waals surface area (Å²) in [6.45, 7) is 6.05. The number of carbonyl (C=O) groups excluding carboxylic acids is 1. The molecule has 0 saturated carbocycles. The summed E-state index contributed by atoms with van der Waals surface area (Å²) in [5.41, 5.74) is 1.54. The second-order valence-corrected chi connectivity index (χ2v) is 5.10. The lowest BCUT2D eigenvalue weighted by Gasteiger charge is -2.13. The number of hydrogen-bond donors (Lipinski definition) is 1. The number of oxime groups is 1. The van der Waals surface area contributed by atoms with Crippen molar-refractivity contribution in [1.29, 1.82) is 0 Å². The molecule has 120 valence electrons. The molecule has 6 nitrogen and oxygen atoms in total. The van der Waals surface area contributed by atoms with E-state index in [4.69, 9.17) is 14.3 Å². The standard InChI is InChI=1S/C16H22N2O4/c1-4-13(5-2)17-16(19)9-22-18-11(3)12-6-7-14-15(8-12)21-10-20-14/h6-8,13H,4-5,9-10H2,1-3H3,(H,17,19). The molecule has 1 N–H and O–H groups in total. The smallest absolute Gasteiger partial charge is 0.260 e. The Morgan fingerprint density at radius 3 is 2.77 bits per heavy atom. The van der Waals surface area contributed by atoms with E-state index in [0.29, 0.717) is 11.5 Å². The molecule has 0 radical (unpaired) electrons. The average molecular weight is 306 g/mol. The number of nitrogens with zero attached hydrogens (tertiary/aromatic N) is 1. The van der Waals surface area contributed by atoms with Gasteiger partial charge in [-0.1, -0.05) is 19.0 Å². The van der Waals surface area contributed by atoms with E-state index in [9.17, 15) is 4.79 Å². The first-order valence-electron chi connectivity index (χ1n) is 7.50. The van der Waals surface area contributed by atoms with Crippen molar-refractivity contribution in [3.63, 3.8) is 0 Å². The van der Waals surface area contributed by atoms with E-state index in [1.807, 2.05) is 39.0 Å². The molecule has 0 aliphatic carbocycles. The maximum absolute atomic E-state index is 11.7. The molecular formula is C16H22N2O4. The zero-order valence-electron chi connectivity index (χ0n) is 13.2. The van der Waals surface area contributed by atoms with E-state index >= 15 is 0 Å². The van der Waals surface area contributed by atoms with Crippen molar-refractivity contribution in [3.8, 4) is 11.5 Å². The van der Waals surface area contributed by atoms with Crippen molar-refractivity contribution in [1.82, 2.24) is 5.32 Å². The fraction of sp³-hybridized carbons (Fsp3) is 0.500. The van der Waals surface area contributed by atoms with E-state index in [1.54, 1.807) is 0 Å². The molecule has 0 unspecified atom stereocenters. The molecule has 0 aromatic heterocycles. The van der Waals surface area contributed by atoms with Gasteiger partial charge in [0.2, 0.25) is 6.79 Å². The first kappa shape index (κ1) is 16.1. The second-order valence-electron chi connectivity index (χ2n) is 5.10. The van der Waals surface area contributed by atoms with Gasteiger partial charge in [0.05, 0.1) is 5.71 Å². The summed E-state index contributed by atoms with van der Waals surface area (Å²) >= 11 is 0. The Hall–Kier alpha value is -2.24. The molecule has 22 heavy (non-hydrogen) atoms. The van der Waals surface area contributed by atoms with Crippen LogP contribution in [0.5, 0.6) is 11.5 Å². The van der Waals surface area contributed by atoms with E-state index in [0.717, 1.165) is 24.2 Å². The highest BCUT2D eigenvalue weighted by Crippen LogP contribution is 2.32. The maximum Gasteiger partial charge on any atom is 0.260 e. The third-order valence-electron chi connectivity index (χ3n) is 3.54. The van der Waals surface area contributed by atoms with Crippen LogP contribution in [-0.4, -0.2) is 31.1 Å². The topological polar surface area (TPSA) is 69.2 Å². The van der Waals surface area contributed by atoms with Crippen molar-refractivity contribution >= 4 is 11.6 Å². The summed E-state index contributed by atoms with van der Waals surface area (Å²) in [5.74, 6) is 1.26. The van der Waals surface area contributed by atoms with Crippen LogP contribution in [0.1, 0.15) is 39.2 Å². The highest BCUT2D eigenvalue weighted by atomic mass is 16.7. The minimum atomic E-state index is -0.157. The van der Waals surface area contributed by atoms with Gasteiger partial charge in [-0.25, -0.2) is 0 Å². The van der Waals surface area contributed by atoms with Gasteiger partial charge in [-0.15, -0.1) is 0 Å². The second kappa shape index (κ2) is 7.68. The van der Waals surface area contributed by atoms with Crippen LogP contribution >= 0.6 is 0 Å². The highest BCUT2D eigenvalue weighted by molar-refractivity contribution is 5.99. The number of carbonyl (C=O) groups is 1. The molecule has 0 bridgehead atoms. The average Bonchev–Trinajstić information content (AvgIpc) is 2.99. The summed E-state index contributed by atoms with van der Waals surface area (Å²) in [6, 6.07) is 5.74. The highest BCUT2D eigenvalue weighted by Gasteiger charge is 2.14. The van der Waals surface area contributed by atoms with Crippen molar-refractivity contribution in [2.24, 2.45) is 5.16 Å². The molecule has 0 saturated heterocycles. The van der Waals surface area contributed by atoms with Crippen molar-refractivity contribution < 1.29 is 19.1 Å². The minimum absolute atomic E-state index is 0.0849.